The highest BCUT2D eigenvalue weighted by Crippen LogP contribution is 2.31. The second-order valence-electron chi connectivity index (χ2n) is 7.09. The predicted molar refractivity (Wildman–Crippen MR) is 93.3 cm³/mol. The maximum Gasteiger partial charge on any atom is 0.407 e. The smallest absolute Gasteiger partial charge is 0.407 e. The van der Waals surface area contributed by atoms with E-state index in [0.29, 0.717) is 0 Å². The molecule has 0 aliphatic heterocycles. The lowest BCUT2D eigenvalue weighted by Gasteiger charge is -2.26. The number of aromatic nitrogens is 1. The van der Waals surface area contributed by atoms with Gasteiger partial charge in [0.05, 0.1) is 0 Å². The number of fused-ring (bicyclic) bond motifs is 1. The fourth-order valence-electron chi connectivity index (χ4n) is 3.05. The zero-order chi connectivity index (χ0) is 16.4. The summed E-state index contributed by atoms with van der Waals surface area (Å²) in [5.74, 6) is 0. The summed E-state index contributed by atoms with van der Waals surface area (Å²) in [6.45, 7) is 5.63. The van der Waals surface area contributed by atoms with E-state index in [-0.39, 0.29) is 12.1 Å². The summed E-state index contributed by atoms with van der Waals surface area (Å²) in [4.78, 5) is 15.1. The van der Waals surface area contributed by atoms with Crippen molar-refractivity contribution in [3.63, 3.8) is 0 Å². The molecule has 0 bridgehead atoms. The lowest BCUT2D eigenvalue weighted by atomic mass is 9.89. The molecular formula is C19H24N2O2. The first-order chi connectivity index (χ1) is 10.9. The van der Waals surface area contributed by atoms with Crippen LogP contribution in [0.15, 0.2) is 36.5 Å². The van der Waals surface area contributed by atoms with Crippen molar-refractivity contribution >= 4 is 22.6 Å². The summed E-state index contributed by atoms with van der Waals surface area (Å²) < 4.78 is 5.32. The summed E-state index contributed by atoms with van der Waals surface area (Å²) in [5.41, 5.74) is 3.36. The maximum atomic E-state index is 11.9. The molecule has 1 aromatic heterocycles. The molecule has 0 saturated heterocycles. The van der Waals surface area contributed by atoms with Crippen molar-refractivity contribution in [1.82, 2.24) is 10.3 Å². The lowest BCUT2D eigenvalue weighted by Crippen LogP contribution is -2.39. The van der Waals surface area contributed by atoms with Gasteiger partial charge in [-0.25, -0.2) is 4.79 Å². The number of nitrogens with one attached hydrogen (secondary N) is 2. The number of ether oxygens (including phenoxy) is 1. The Bertz CT molecular complexity index is 737. The third kappa shape index (κ3) is 3.76. The van der Waals surface area contributed by atoms with E-state index >= 15 is 0 Å². The first-order valence-corrected chi connectivity index (χ1v) is 8.17. The Morgan fingerprint density at radius 1 is 1.30 bits per heavy atom. The number of amides is 1. The fraction of sp³-hybridized carbons (Fsp3) is 0.421. The summed E-state index contributed by atoms with van der Waals surface area (Å²) in [5, 5.41) is 4.23. The molecule has 0 radical (unpaired) electrons. The van der Waals surface area contributed by atoms with Gasteiger partial charge < -0.3 is 15.0 Å². The third-order valence-corrected chi connectivity index (χ3v) is 4.07. The molecule has 4 heteroatoms. The Morgan fingerprint density at radius 2 is 2.13 bits per heavy atom. The molecule has 122 valence electrons. The predicted octanol–water partition coefficient (Wildman–Crippen LogP) is 4.63. The molecule has 0 spiro atoms. The van der Waals surface area contributed by atoms with Crippen LogP contribution in [0.25, 0.3) is 16.5 Å². The van der Waals surface area contributed by atoms with Gasteiger partial charge in [0, 0.05) is 23.1 Å². The topological polar surface area (TPSA) is 54.1 Å². The molecule has 1 unspecified atom stereocenters. The number of carbonyl (C=O) groups is 1. The van der Waals surface area contributed by atoms with Crippen LogP contribution in [0.5, 0.6) is 0 Å². The Morgan fingerprint density at radius 3 is 2.83 bits per heavy atom. The number of carbonyl (C=O) groups excluding carboxylic acids is 1. The number of alkyl carbamates (subject to hydrolysis) is 1. The lowest BCUT2D eigenvalue weighted by molar-refractivity contribution is 0.0502. The van der Waals surface area contributed by atoms with Crippen molar-refractivity contribution in [3.8, 4) is 0 Å². The Kier molecular flexibility index (Phi) is 4.16. The first-order valence-electron chi connectivity index (χ1n) is 8.17. The number of hydrogen-bond donors (Lipinski definition) is 2. The van der Waals surface area contributed by atoms with Gasteiger partial charge in [0.2, 0.25) is 0 Å². The van der Waals surface area contributed by atoms with Crippen LogP contribution in [0.3, 0.4) is 0 Å². The minimum atomic E-state index is -0.455. The van der Waals surface area contributed by atoms with Crippen molar-refractivity contribution in [2.24, 2.45) is 0 Å². The van der Waals surface area contributed by atoms with Gasteiger partial charge in [-0.2, -0.15) is 0 Å². The Hall–Kier alpha value is -2.23. The van der Waals surface area contributed by atoms with E-state index in [4.69, 9.17) is 4.74 Å². The van der Waals surface area contributed by atoms with E-state index in [2.05, 4.69) is 40.6 Å². The highest BCUT2D eigenvalue weighted by atomic mass is 16.6. The second-order valence-corrected chi connectivity index (χ2v) is 7.09. The first kappa shape index (κ1) is 15.7. The molecule has 23 heavy (non-hydrogen) atoms. The molecule has 0 saturated carbocycles. The van der Waals surface area contributed by atoms with E-state index < -0.39 is 5.60 Å². The van der Waals surface area contributed by atoms with Crippen molar-refractivity contribution in [1.29, 1.82) is 0 Å². The Balaban J connectivity index is 1.67. The highest BCUT2D eigenvalue weighted by molar-refractivity contribution is 5.92. The molecule has 4 nitrogen and oxygen atoms in total. The number of benzene rings is 1. The van der Waals surface area contributed by atoms with E-state index in [0.717, 1.165) is 24.8 Å². The zero-order valence-corrected chi connectivity index (χ0v) is 14.0. The molecule has 2 N–H and O–H groups in total. The van der Waals surface area contributed by atoms with E-state index in [1.165, 1.54) is 16.5 Å². The Labute approximate surface area is 136 Å². The molecule has 1 amide bonds. The van der Waals surface area contributed by atoms with Gasteiger partial charge in [-0.15, -0.1) is 0 Å². The molecule has 1 atom stereocenters. The molecule has 1 aliphatic carbocycles. The normalized spacial score (nSPS) is 18.6. The minimum absolute atomic E-state index is 0.152. The quantitative estimate of drug-likeness (QED) is 0.849. The summed E-state index contributed by atoms with van der Waals surface area (Å²) in [6, 6.07) is 8.62. The van der Waals surface area contributed by atoms with E-state index in [9.17, 15) is 4.79 Å². The van der Waals surface area contributed by atoms with Crippen molar-refractivity contribution in [2.75, 3.05) is 0 Å². The van der Waals surface area contributed by atoms with Crippen LogP contribution in [0.2, 0.25) is 0 Å². The van der Waals surface area contributed by atoms with Gasteiger partial charge in [-0.05, 0) is 63.3 Å². The van der Waals surface area contributed by atoms with Crippen molar-refractivity contribution in [3.05, 3.63) is 42.1 Å². The standard InChI is InChI=1S/C19H24N2O2/c1-19(2,3)23-18(22)21-14-9-7-13(8-10-14)15-5-4-6-17-16(15)11-12-20-17/h4-7,11-12,14,20H,8-10H2,1-3H3,(H,21,22). The van der Waals surface area contributed by atoms with Gasteiger partial charge in [-0.1, -0.05) is 18.2 Å². The average Bonchev–Trinajstić information content (AvgIpc) is 2.94. The third-order valence-electron chi connectivity index (χ3n) is 4.07. The van der Waals surface area contributed by atoms with E-state index in [1.807, 2.05) is 27.0 Å². The molecule has 3 rings (SSSR count). The summed E-state index contributed by atoms with van der Waals surface area (Å²) >= 11 is 0. The van der Waals surface area contributed by atoms with Gasteiger partial charge in [-0.3, -0.25) is 0 Å². The van der Waals surface area contributed by atoms with Crippen molar-refractivity contribution in [2.45, 2.75) is 51.7 Å². The van der Waals surface area contributed by atoms with E-state index in [1.54, 1.807) is 0 Å². The summed E-state index contributed by atoms with van der Waals surface area (Å²) in [7, 11) is 0. The number of H-pyrrole nitrogens is 1. The van der Waals surface area contributed by atoms with Gasteiger partial charge >= 0.3 is 6.09 Å². The number of rotatable bonds is 2. The van der Waals surface area contributed by atoms with Crippen LogP contribution in [-0.2, 0) is 4.74 Å². The SMILES string of the molecule is CC(C)(C)OC(=O)NC1CC=C(c2cccc3[nH]ccc23)CC1. The van der Waals surface area contributed by atoms with Crippen LogP contribution in [0.4, 0.5) is 4.79 Å². The zero-order valence-electron chi connectivity index (χ0n) is 14.0. The van der Waals surface area contributed by atoms with Gasteiger partial charge in [0.15, 0.2) is 0 Å². The van der Waals surface area contributed by atoms with Crippen LogP contribution in [0.1, 0.15) is 45.6 Å². The molecule has 1 aliphatic rings. The highest BCUT2D eigenvalue weighted by Gasteiger charge is 2.22. The largest absolute Gasteiger partial charge is 0.444 e. The van der Waals surface area contributed by atoms with Crippen LogP contribution >= 0.6 is 0 Å². The molecule has 1 heterocycles. The average molecular weight is 312 g/mol. The second kappa shape index (κ2) is 6.11. The van der Waals surface area contributed by atoms with Gasteiger partial charge in [0.25, 0.3) is 0 Å². The molecule has 0 fully saturated rings. The van der Waals surface area contributed by atoms with Gasteiger partial charge in [0.1, 0.15) is 5.60 Å². The number of allylic oxidation sites excluding steroid dienone is 1. The van der Waals surface area contributed by atoms with Crippen molar-refractivity contribution < 1.29 is 9.53 Å². The molecular weight excluding hydrogens is 288 g/mol. The molecule has 2 aromatic rings. The van der Waals surface area contributed by atoms with Crippen LogP contribution in [-0.4, -0.2) is 22.7 Å². The van der Waals surface area contributed by atoms with Crippen LogP contribution in [0, 0.1) is 0 Å². The maximum absolute atomic E-state index is 11.9. The fourth-order valence-corrected chi connectivity index (χ4v) is 3.05. The number of aromatic amines is 1. The number of hydrogen-bond acceptors (Lipinski definition) is 2. The monoisotopic (exact) mass is 312 g/mol. The van der Waals surface area contributed by atoms with Crippen LogP contribution < -0.4 is 5.32 Å². The summed E-state index contributed by atoms with van der Waals surface area (Å²) in [6.07, 6.45) is 6.64. The minimum Gasteiger partial charge on any atom is -0.444 e. The molecule has 1 aromatic carbocycles.